The molecular formula is C18H35NO2. The molecule has 3 atom stereocenters. The van der Waals surface area contributed by atoms with Crippen molar-refractivity contribution in [2.75, 3.05) is 19.8 Å². The van der Waals surface area contributed by atoms with Gasteiger partial charge in [0.1, 0.15) is 0 Å². The van der Waals surface area contributed by atoms with E-state index in [4.69, 9.17) is 15.2 Å². The molecule has 0 amide bonds. The predicted molar refractivity (Wildman–Crippen MR) is 87.4 cm³/mol. The number of hydrogen-bond acceptors (Lipinski definition) is 3. The largest absolute Gasteiger partial charge is 0.378 e. The first kappa shape index (κ1) is 17.2. The third kappa shape index (κ3) is 5.54. The molecule has 124 valence electrons. The van der Waals surface area contributed by atoms with Gasteiger partial charge in [0, 0.05) is 25.7 Å². The minimum atomic E-state index is 0.0146. The van der Waals surface area contributed by atoms with Crippen molar-refractivity contribution in [1.82, 2.24) is 0 Å². The molecule has 0 aromatic carbocycles. The third-order valence-corrected chi connectivity index (χ3v) is 5.34. The minimum Gasteiger partial charge on any atom is -0.378 e. The molecule has 3 heteroatoms. The molecule has 21 heavy (non-hydrogen) atoms. The van der Waals surface area contributed by atoms with E-state index in [1.54, 1.807) is 0 Å². The molecule has 2 heterocycles. The lowest BCUT2D eigenvalue weighted by molar-refractivity contribution is -0.101. The van der Waals surface area contributed by atoms with Gasteiger partial charge in [-0.2, -0.15) is 0 Å². The summed E-state index contributed by atoms with van der Waals surface area (Å²) in [6.07, 6.45) is 14.1. The Labute approximate surface area is 130 Å². The average Bonchev–Trinajstić information content (AvgIpc) is 2.94. The van der Waals surface area contributed by atoms with Crippen LogP contribution in [0.15, 0.2) is 0 Å². The Kier molecular flexibility index (Phi) is 7.48. The van der Waals surface area contributed by atoms with Crippen molar-refractivity contribution >= 4 is 0 Å². The summed E-state index contributed by atoms with van der Waals surface area (Å²) in [4.78, 5) is 0. The molecule has 2 aliphatic rings. The first-order valence-corrected chi connectivity index (χ1v) is 9.23. The first-order chi connectivity index (χ1) is 10.3. The molecule has 0 radical (unpaired) electrons. The number of rotatable bonds is 9. The fourth-order valence-corrected chi connectivity index (χ4v) is 3.87. The summed E-state index contributed by atoms with van der Waals surface area (Å²) in [6, 6.07) is 0.363. The van der Waals surface area contributed by atoms with Gasteiger partial charge in [-0.15, -0.1) is 0 Å². The molecule has 0 aromatic heterocycles. The highest BCUT2D eigenvalue weighted by molar-refractivity contribution is 4.92. The summed E-state index contributed by atoms with van der Waals surface area (Å²) in [5, 5.41) is 0. The van der Waals surface area contributed by atoms with Crippen molar-refractivity contribution in [1.29, 1.82) is 0 Å². The molecular weight excluding hydrogens is 262 g/mol. The van der Waals surface area contributed by atoms with Gasteiger partial charge in [0.05, 0.1) is 12.2 Å². The first-order valence-electron chi connectivity index (χ1n) is 9.23. The van der Waals surface area contributed by atoms with E-state index in [0.717, 1.165) is 39.1 Å². The lowest BCUT2D eigenvalue weighted by Crippen LogP contribution is -2.45. The van der Waals surface area contributed by atoms with E-state index >= 15 is 0 Å². The third-order valence-electron chi connectivity index (χ3n) is 5.34. The van der Waals surface area contributed by atoms with Gasteiger partial charge in [-0.25, -0.2) is 0 Å². The van der Waals surface area contributed by atoms with Crippen molar-refractivity contribution < 1.29 is 9.47 Å². The van der Waals surface area contributed by atoms with Crippen LogP contribution in [0.3, 0.4) is 0 Å². The van der Waals surface area contributed by atoms with Gasteiger partial charge in [0.15, 0.2) is 0 Å². The van der Waals surface area contributed by atoms with E-state index in [1.165, 1.54) is 51.4 Å². The number of nitrogens with two attached hydrogens (primary N) is 1. The van der Waals surface area contributed by atoms with E-state index < -0.39 is 0 Å². The highest BCUT2D eigenvalue weighted by atomic mass is 16.6. The molecule has 1 spiro atoms. The predicted octanol–water partition coefficient (Wildman–Crippen LogP) is 4.04. The maximum atomic E-state index is 6.47. The summed E-state index contributed by atoms with van der Waals surface area (Å²) in [6.45, 7) is 4.79. The highest BCUT2D eigenvalue weighted by Gasteiger charge is 2.42. The molecule has 0 bridgehead atoms. The second-order valence-corrected chi connectivity index (χ2v) is 7.16. The lowest BCUT2D eigenvalue weighted by Gasteiger charge is -2.39. The van der Waals surface area contributed by atoms with E-state index in [-0.39, 0.29) is 5.60 Å². The van der Waals surface area contributed by atoms with Gasteiger partial charge in [0.2, 0.25) is 0 Å². The fraction of sp³-hybridized carbons (Fsp3) is 1.00. The second-order valence-electron chi connectivity index (χ2n) is 7.16. The van der Waals surface area contributed by atoms with E-state index in [9.17, 15) is 0 Å². The minimum absolute atomic E-state index is 0.0146. The fourth-order valence-electron chi connectivity index (χ4n) is 3.87. The maximum absolute atomic E-state index is 6.47. The Balaban J connectivity index is 1.58. The van der Waals surface area contributed by atoms with E-state index in [2.05, 4.69) is 6.92 Å². The molecule has 2 N–H and O–H groups in total. The van der Waals surface area contributed by atoms with Crippen LogP contribution in [0.5, 0.6) is 0 Å². The Morgan fingerprint density at radius 2 is 1.86 bits per heavy atom. The molecule has 2 saturated heterocycles. The Hall–Kier alpha value is -0.120. The smallest absolute Gasteiger partial charge is 0.0939 e. The second kappa shape index (κ2) is 9.12. The highest BCUT2D eigenvalue weighted by Crippen LogP contribution is 2.37. The Bertz CT molecular complexity index is 276. The van der Waals surface area contributed by atoms with Crippen LogP contribution in [-0.4, -0.2) is 31.5 Å². The molecule has 0 saturated carbocycles. The monoisotopic (exact) mass is 297 g/mol. The topological polar surface area (TPSA) is 44.5 Å². The van der Waals surface area contributed by atoms with Crippen molar-refractivity contribution in [3.8, 4) is 0 Å². The Morgan fingerprint density at radius 3 is 2.57 bits per heavy atom. The van der Waals surface area contributed by atoms with Gasteiger partial charge in [-0.1, -0.05) is 51.9 Å². The maximum Gasteiger partial charge on any atom is 0.0939 e. The zero-order valence-corrected chi connectivity index (χ0v) is 13.9. The lowest BCUT2D eigenvalue weighted by atomic mass is 9.80. The van der Waals surface area contributed by atoms with Crippen LogP contribution in [0.1, 0.15) is 77.6 Å². The molecule has 2 fully saturated rings. The van der Waals surface area contributed by atoms with Gasteiger partial charge >= 0.3 is 0 Å². The Morgan fingerprint density at radius 1 is 1.10 bits per heavy atom. The van der Waals surface area contributed by atoms with Crippen molar-refractivity contribution in [3.05, 3.63) is 0 Å². The molecule has 2 aliphatic heterocycles. The van der Waals surface area contributed by atoms with Crippen LogP contribution in [0.4, 0.5) is 0 Å². The quantitative estimate of drug-likeness (QED) is 0.653. The zero-order valence-electron chi connectivity index (χ0n) is 13.9. The molecule has 0 aromatic rings. The SMILES string of the molecule is CCCCCCCCCC(N)C1CCOC2(CCOC2)C1. The van der Waals surface area contributed by atoms with Gasteiger partial charge in [0.25, 0.3) is 0 Å². The van der Waals surface area contributed by atoms with Crippen LogP contribution in [0, 0.1) is 5.92 Å². The summed E-state index contributed by atoms with van der Waals surface area (Å²) < 4.78 is 11.6. The normalized spacial score (nSPS) is 30.9. The van der Waals surface area contributed by atoms with Crippen molar-refractivity contribution in [2.24, 2.45) is 11.7 Å². The van der Waals surface area contributed by atoms with Crippen LogP contribution in [0.25, 0.3) is 0 Å². The number of hydrogen-bond donors (Lipinski definition) is 1. The summed E-state index contributed by atoms with van der Waals surface area (Å²) in [5.74, 6) is 0.639. The van der Waals surface area contributed by atoms with Gasteiger partial charge < -0.3 is 15.2 Å². The van der Waals surface area contributed by atoms with Crippen LogP contribution in [-0.2, 0) is 9.47 Å². The molecule has 0 aliphatic carbocycles. The van der Waals surface area contributed by atoms with E-state index in [1.807, 2.05) is 0 Å². The number of unbranched alkanes of at least 4 members (excludes halogenated alkanes) is 6. The number of ether oxygens (including phenoxy) is 2. The molecule has 2 rings (SSSR count). The van der Waals surface area contributed by atoms with Crippen LogP contribution in [0.2, 0.25) is 0 Å². The standard InChI is InChI=1S/C18H35NO2/c1-2-3-4-5-6-7-8-9-17(19)16-10-12-21-18(14-16)11-13-20-15-18/h16-17H,2-15,19H2,1H3. The molecule has 3 unspecified atom stereocenters. The van der Waals surface area contributed by atoms with Crippen LogP contribution < -0.4 is 5.73 Å². The van der Waals surface area contributed by atoms with Crippen LogP contribution >= 0.6 is 0 Å². The zero-order chi connectivity index (χ0) is 15.0. The van der Waals surface area contributed by atoms with Crippen molar-refractivity contribution in [3.63, 3.8) is 0 Å². The summed E-state index contributed by atoms with van der Waals surface area (Å²) >= 11 is 0. The summed E-state index contributed by atoms with van der Waals surface area (Å²) in [7, 11) is 0. The molecule has 3 nitrogen and oxygen atoms in total. The van der Waals surface area contributed by atoms with Gasteiger partial charge in [-0.3, -0.25) is 0 Å². The van der Waals surface area contributed by atoms with E-state index in [0.29, 0.717) is 12.0 Å². The van der Waals surface area contributed by atoms with Gasteiger partial charge in [-0.05, 0) is 25.2 Å². The van der Waals surface area contributed by atoms with Crippen molar-refractivity contribution in [2.45, 2.75) is 89.2 Å². The average molecular weight is 297 g/mol. The summed E-state index contributed by atoms with van der Waals surface area (Å²) in [5.41, 5.74) is 6.48.